The van der Waals surface area contributed by atoms with Crippen LogP contribution in [0, 0.1) is 0 Å². The maximum atomic E-state index is 13.0. The van der Waals surface area contributed by atoms with E-state index >= 15 is 0 Å². The van der Waals surface area contributed by atoms with Crippen LogP contribution in [0.1, 0.15) is 53.6 Å². The third kappa shape index (κ3) is 7.20. The highest BCUT2D eigenvalue weighted by molar-refractivity contribution is 6.74. The molecule has 0 atom stereocenters. The molecule has 34 heavy (non-hydrogen) atoms. The van der Waals surface area contributed by atoms with E-state index in [1.54, 1.807) is 0 Å². The predicted molar refractivity (Wildman–Crippen MR) is 125 cm³/mol. The summed E-state index contributed by atoms with van der Waals surface area (Å²) < 4.78 is 56.8. The predicted octanol–water partition coefficient (Wildman–Crippen LogP) is 5.97. The second-order valence-corrected chi connectivity index (χ2v) is 14.3. The van der Waals surface area contributed by atoms with Crippen molar-refractivity contribution >= 4 is 20.1 Å². The molecule has 0 aliphatic heterocycles. The largest absolute Gasteiger partial charge is 0.492 e. The number of nitrogens with zero attached hydrogens (tertiary/aromatic N) is 1. The Labute approximate surface area is 199 Å². The molecular formula is C24H32F3NO5Si. The number of hydrogen-bond donors (Lipinski definition) is 0. The van der Waals surface area contributed by atoms with Crippen LogP contribution in [0.15, 0.2) is 36.5 Å². The second kappa shape index (κ2) is 10.8. The van der Waals surface area contributed by atoms with Gasteiger partial charge in [0.2, 0.25) is 0 Å². The summed E-state index contributed by atoms with van der Waals surface area (Å²) in [5, 5.41) is 0.104. The van der Waals surface area contributed by atoms with Crippen molar-refractivity contribution < 1.29 is 36.7 Å². The summed E-state index contributed by atoms with van der Waals surface area (Å²) in [5.41, 5.74) is -0.956. The molecule has 0 fully saturated rings. The minimum Gasteiger partial charge on any atom is -0.492 e. The van der Waals surface area contributed by atoms with Crippen LogP contribution in [0.3, 0.4) is 0 Å². The van der Waals surface area contributed by atoms with Gasteiger partial charge in [-0.1, -0.05) is 32.9 Å². The Morgan fingerprint density at radius 2 is 1.74 bits per heavy atom. The zero-order valence-electron chi connectivity index (χ0n) is 20.4. The molecule has 2 aromatic rings. The molecule has 10 heteroatoms. The molecular weight excluding hydrogens is 467 g/mol. The van der Waals surface area contributed by atoms with Crippen molar-refractivity contribution in [2.75, 3.05) is 20.3 Å². The van der Waals surface area contributed by atoms with Crippen molar-refractivity contribution in [1.82, 2.24) is 4.57 Å². The lowest BCUT2D eigenvalue weighted by molar-refractivity contribution is -0.137. The summed E-state index contributed by atoms with van der Waals surface area (Å²) in [5.74, 6) is -0.918. The molecule has 188 valence electrons. The number of benzene rings is 1. The minimum atomic E-state index is -4.56. The van der Waals surface area contributed by atoms with Crippen molar-refractivity contribution in [3.05, 3.63) is 53.3 Å². The average Bonchev–Trinajstić information content (AvgIpc) is 3.14. The number of aromatic nitrogens is 1. The van der Waals surface area contributed by atoms with Gasteiger partial charge in [-0.05, 0) is 30.3 Å². The number of halogens is 3. The monoisotopic (exact) mass is 499 g/mol. The van der Waals surface area contributed by atoms with Gasteiger partial charge in [0.05, 0.1) is 25.8 Å². The Kier molecular flexibility index (Phi) is 8.76. The van der Waals surface area contributed by atoms with Crippen molar-refractivity contribution in [1.29, 1.82) is 0 Å². The lowest BCUT2D eigenvalue weighted by Crippen LogP contribution is -2.41. The number of ketones is 1. The number of hydrogen-bond acceptors (Lipinski definition) is 5. The van der Waals surface area contributed by atoms with Gasteiger partial charge in [0, 0.05) is 30.9 Å². The van der Waals surface area contributed by atoms with E-state index in [2.05, 4.69) is 33.9 Å². The number of carbonyl (C=O) groups is 2. The first kappa shape index (κ1) is 27.6. The first-order chi connectivity index (χ1) is 15.7. The van der Waals surface area contributed by atoms with E-state index in [1.165, 1.54) is 36.1 Å². The molecule has 0 unspecified atom stereocenters. The van der Waals surface area contributed by atoms with Crippen LogP contribution in [0.5, 0.6) is 5.75 Å². The summed E-state index contributed by atoms with van der Waals surface area (Å²) in [4.78, 5) is 24.8. The van der Waals surface area contributed by atoms with Gasteiger partial charge in [-0.15, -0.1) is 0 Å². The third-order valence-electron chi connectivity index (χ3n) is 5.92. The van der Waals surface area contributed by atoms with Gasteiger partial charge in [0.1, 0.15) is 11.4 Å². The molecule has 0 saturated carbocycles. The fourth-order valence-corrected chi connectivity index (χ4v) is 3.96. The highest BCUT2D eigenvalue weighted by Crippen LogP contribution is 2.36. The Balaban J connectivity index is 2.06. The zero-order valence-corrected chi connectivity index (χ0v) is 21.4. The van der Waals surface area contributed by atoms with E-state index in [9.17, 15) is 22.8 Å². The van der Waals surface area contributed by atoms with Crippen molar-refractivity contribution in [2.45, 2.75) is 58.0 Å². The standard InChI is InChI=1S/C24H32F3NO5Si/c1-23(2,3)34(5,6)33-12-8-11-32-19-14-20(22(30)31-4)28(15-19)16-21(29)17-9-7-10-18(13-17)24(25,26)27/h7,9-10,13-15H,8,11-12,16H2,1-6H3. The molecule has 1 heterocycles. The highest BCUT2D eigenvalue weighted by Gasteiger charge is 2.36. The molecule has 0 radical (unpaired) electrons. The number of esters is 1. The summed E-state index contributed by atoms with van der Waals surface area (Å²) in [6.45, 7) is 11.3. The van der Waals surface area contributed by atoms with E-state index in [-0.39, 0.29) is 22.8 Å². The van der Waals surface area contributed by atoms with Crippen LogP contribution in [0.25, 0.3) is 0 Å². The fraction of sp³-hybridized carbons (Fsp3) is 0.500. The van der Waals surface area contributed by atoms with E-state index in [0.717, 1.165) is 12.1 Å². The molecule has 0 amide bonds. The van der Waals surface area contributed by atoms with Crippen LogP contribution in [0.4, 0.5) is 13.2 Å². The summed E-state index contributed by atoms with van der Waals surface area (Å²) in [7, 11) is -0.653. The summed E-state index contributed by atoms with van der Waals surface area (Å²) in [6, 6.07) is 5.61. The molecule has 0 N–H and O–H groups in total. The van der Waals surface area contributed by atoms with E-state index < -0.39 is 31.8 Å². The van der Waals surface area contributed by atoms with Gasteiger partial charge < -0.3 is 18.5 Å². The van der Waals surface area contributed by atoms with E-state index in [1.807, 2.05) is 0 Å². The molecule has 0 bridgehead atoms. The van der Waals surface area contributed by atoms with E-state index in [4.69, 9.17) is 13.9 Å². The van der Waals surface area contributed by atoms with Gasteiger partial charge in [0.15, 0.2) is 14.1 Å². The van der Waals surface area contributed by atoms with Crippen LogP contribution < -0.4 is 4.74 Å². The van der Waals surface area contributed by atoms with Crippen molar-refractivity contribution in [2.24, 2.45) is 0 Å². The Hall–Kier alpha value is -2.59. The van der Waals surface area contributed by atoms with Crippen LogP contribution in [-0.2, 0) is 21.9 Å². The molecule has 1 aromatic heterocycles. The zero-order chi connectivity index (χ0) is 25.7. The van der Waals surface area contributed by atoms with Crippen LogP contribution >= 0.6 is 0 Å². The van der Waals surface area contributed by atoms with Crippen molar-refractivity contribution in [3.63, 3.8) is 0 Å². The number of ether oxygens (including phenoxy) is 2. The summed E-state index contributed by atoms with van der Waals surface area (Å²) >= 11 is 0. The van der Waals surface area contributed by atoms with Crippen LogP contribution in [0.2, 0.25) is 18.1 Å². The smallest absolute Gasteiger partial charge is 0.416 e. The maximum Gasteiger partial charge on any atom is 0.416 e. The second-order valence-electron chi connectivity index (χ2n) is 9.49. The van der Waals surface area contributed by atoms with Gasteiger partial charge in [-0.3, -0.25) is 4.79 Å². The van der Waals surface area contributed by atoms with Crippen LogP contribution in [-0.4, -0.2) is 45.0 Å². The highest BCUT2D eigenvalue weighted by atomic mass is 28.4. The minimum absolute atomic E-state index is 0.0651. The Morgan fingerprint density at radius 3 is 2.32 bits per heavy atom. The maximum absolute atomic E-state index is 13.0. The molecule has 6 nitrogen and oxygen atoms in total. The van der Waals surface area contributed by atoms with Gasteiger partial charge in [-0.2, -0.15) is 13.2 Å². The molecule has 0 aliphatic rings. The molecule has 2 rings (SSSR count). The summed E-state index contributed by atoms with van der Waals surface area (Å²) in [6.07, 6.45) is -2.46. The quantitative estimate of drug-likeness (QED) is 0.174. The Bertz CT molecular complexity index is 1010. The number of carbonyl (C=O) groups excluding carboxylic acids is 2. The molecule has 0 spiro atoms. The lowest BCUT2D eigenvalue weighted by Gasteiger charge is -2.36. The van der Waals surface area contributed by atoms with Gasteiger partial charge in [0.25, 0.3) is 0 Å². The average molecular weight is 500 g/mol. The first-order valence-corrected chi connectivity index (χ1v) is 13.8. The molecule has 1 aromatic carbocycles. The topological polar surface area (TPSA) is 66.8 Å². The number of methoxy groups -OCH3 is 1. The number of alkyl halides is 3. The van der Waals surface area contributed by atoms with E-state index in [0.29, 0.717) is 25.4 Å². The normalized spacial score (nSPS) is 12.5. The number of rotatable bonds is 10. The lowest BCUT2D eigenvalue weighted by atomic mass is 10.1. The third-order valence-corrected chi connectivity index (χ3v) is 10.5. The van der Waals surface area contributed by atoms with Gasteiger partial charge >= 0.3 is 12.1 Å². The molecule has 0 aliphatic carbocycles. The Morgan fingerprint density at radius 1 is 1.06 bits per heavy atom. The number of Topliss-reactive ketones (excluding diaryl/α,β-unsaturated/α-hetero) is 1. The fourth-order valence-electron chi connectivity index (χ4n) is 2.88. The van der Waals surface area contributed by atoms with Crippen molar-refractivity contribution in [3.8, 4) is 5.75 Å². The first-order valence-electron chi connectivity index (χ1n) is 10.9. The molecule has 0 saturated heterocycles. The SMILES string of the molecule is COC(=O)c1cc(OCCCO[Si](C)(C)C(C)(C)C)cn1CC(=O)c1cccc(C(F)(F)F)c1. The van der Waals surface area contributed by atoms with Gasteiger partial charge in [-0.25, -0.2) is 4.79 Å².